The summed E-state index contributed by atoms with van der Waals surface area (Å²) in [6.07, 6.45) is -3.14. The predicted molar refractivity (Wildman–Crippen MR) is 60.1 cm³/mol. The lowest BCUT2D eigenvalue weighted by Crippen LogP contribution is -2.35. The number of nitrogens with one attached hydrogen (secondary N) is 1. The highest BCUT2D eigenvalue weighted by molar-refractivity contribution is 4.96. The molecule has 1 aromatic heterocycles. The number of aromatic amines is 1. The third-order valence-electron chi connectivity index (χ3n) is 2.78. The van der Waals surface area contributed by atoms with Crippen molar-refractivity contribution in [2.45, 2.75) is 24.5 Å². The van der Waals surface area contributed by atoms with Crippen LogP contribution in [0.5, 0.6) is 0 Å². The molecule has 0 bridgehead atoms. The van der Waals surface area contributed by atoms with Crippen molar-refractivity contribution < 1.29 is 14.2 Å². The molecule has 1 aliphatic heterocycles. The molecule has 0 aliphatic carbocycles. The summed E-state index contributed by atoms with van der Waals surface area (Å²) in [5.74, 6) is 0. The van der Waals surface area contributed by atoms with Gasteiger partial charge < -0.3 is 9.84 Å². The van der Waals surface area contributed by atoms with E-state index in [1.807, 2.05) is 4.98 Å². The topological polar surface area (TPSA) is 133 Å². The van der Waals surface area contributed by atoms with Crippen LogP contribution in [0.3, 0.4) is 0 Å². The molecule has 0 saturated carbocycles. The van der Waals surface area contributed by atoms with Gasteiger partial charge in [0.2, 0.25) is 0 Å². The maximum atomic E-state index is 14.1. The molecule has 2 heterocycles. The first-order valence-electron chi connectivity index (χ1n) is 5.34. The first-order valence-corrected chi connectivity index (χ1v) is 5.34. The Labute approximate surface area is 104 Å². The number of nitrogens with zero attached hydrogens (tertiary/aromatic N) is 4. The van der Waals surface area contributed by atoms with Gasteiger partial charge in [0.15, 0.2) is 12.4 Å². The molecule has 2 N–H and O–H groups in total. The van der Waals surface area contributed by atoms with Crippen molar-refractivity contribution in [2.75, 3.05) is 6.61 Å². The fourth-order valence-corrected chi connectivity index (χ4v) is 1.90. The summed E-state index contributed by atoms with van der Waals surface area (Å²) in [5, 5.41) is 12.3. The van der Waals surface area contributed by atoms with Gasteiger partial charge in [0.1, 0.15) is 6.04 Å². The molecule has 9 nitrogen and oxygen atoms in total. The largest absolute Gasteiger partial charge is 0.394 e. The Morgan fingerprint density at radius 1 is 1.63 bits per heavy atom. The van der Waals surface area contributed by atoms with Gasteiger partial charge in [-0.05, 0) is 5.53 Å². The third-order valence-corrected chi connectivity index (χ3v) is 2.78. The Bertz CT molecular complexity index is 622. The highest BCUT2D eigenvalue weighted by atomic mass is 19.1. The Morgan fingerprint density at radius 2 is 2.37 bits per heavy atom. The number of ether oxygens (including phenoxy) is 1. The number of alkyl halides is 1. The number of aliphatic hydroxyl groups excluding tert-OH is 1. The van der Waals surface area contributed by atoms with Crippen LogP contribution in [0.2, 0.25) is 0 Å². The maximum Gasteiger partial charge on any atom is 0.330 e. The summed E-state index contributed by atoms with van der Waals surface area (Å²) in [6.45, 7) is -0.557. The van der Waals surface area contributed by atoms with Crippen LogP contribution in [-0.2, 0) is 4.74 Å². The number of azide groups is 1. The van der Waals surface area contributed by atoms with Crippen molar-refractivity contribution in [1.82, 2.24) is 9.55 Å². The highest BCUT2D eigenvalue weighted by Crippen LogP contribution is 2.32. The minimum Gasteiger partial charge on any atom is -0.394 e. The predicted octanol–water partition coefficient (Wildman–Crippen LogP) is -0.557. The number of aliphatic hydroxyl groups is 1. The molecule has 0 aromatic carbocycles. The molecule has 10 heteroatoms. The summed E-state index contributed by atoms with van der Waals surface area (Å²) in [6, 6.07) is -0.203. The number of aromatic nitrogens is 2. The number of halogens is 1. The van der Waals surface area contributed by atoms with E-state index in [4.69, 9.17) is 15.4 Å². The minimum absolute atomic E-state index is 0.557. The molecule has 4 atom stereocenters. The van der Waals surface area contributed by atoms with E-state index in [1.54, 1.807) is 0 Å². The number of rotatable bonds is 3. The Balaban J connectivity index is 2.38. The van der Waals surface area contributed by atoms with Gasteiger partial charge in [-0.1, -0.05) is 5.11 Å². The quantitative estimate of drug-likeness (QED) is 0.433. The van der Waals surface area contributed by atoms with Gasteiger partial charge in [-0.15, -0.1) is 0 Å². The van der Waals surface area contributed by atoms with Crippen molar-refractivity contribution in [3.63, 3.8) is 0 Å². The van der Waals surface area contributed by atoms with Crippen LogP contribution < -0.4 is 11.2 Å². The van der Waals surface area contributed by atoms with Crippen molar-refractivity contribution in [3.8, 4) is 0 Å². The lowest BCUT2D eigenvalue weighted by Gasteiger charge is -2.15. The zero-order chi connectivity index (χ0) is 14.0. The average molecular weight is 271 g/mol. The zero-order valence-electron chi connectivity index (χ0n) is 9.51. The minimum atomic E-state index is -1.81. The summed E-state index contributed by atoms with van der Waals surface area (Å²) in [4.78, 5) is 26.9. The van der Waals surface area contributed by atoms with Crippen molar-refractivity contribution in [1.29, 1.82) is 0 Å². The number of H-pyrrole nitrogens is 1. The molecule has 0 amide bonds. The van der Waals surface area contributed by atoms with E-state index < -0.39 is 42.4 Å². The smallest absolute Gasteiger partial charge is 0.330 e. The molecule has 1 aromatic rings. The van der Waals surface area contributed by atoms with Crippen LogP contribution in [0.25, 0.3) is 10.4 Å². The Kier molecular flexibility index (Phi) is 3.65. The molecular weight excluding hydrogens is 261 g/mol. The van der Waals surface area contributed by atoms with Crippen LogP contribution >= 0.6 is 0 Å². The maximum absolute atomic E-state index is 14.1. The normalized spacial score (nSPS) is 30.0. The second-order valence-corrected chi connectivity index (χ2v) is 3.91. The van der Waals surface area contributed by atoms with Crippen LogP contribution in [0, 0.1) is 0 Å². The standard InChI is InChI=1S/C9H10FN5O4/c10-6-7(13-14-11)4(3-16)19-8(6)15-2-1-5(17)12-9(15)18/h1-2,4,6-8,16H,3H2,(H,12,17,18)/t4-,6?,7?,8-/m1/s1. The molecule has 2 unspecified atom stereocenters. The Hall–Kier alpha value is -2.16. The first-order chi connectivity index (χ1) is 9.08. The molecular formula is C9H10FN5O4. The first kappa shape index (κ1) is 13.3. The van der Waals surface area contributed by atoms with Crippen molar-refractivity contribution in [3.05, 3.63) is 43.5 Å². The van der Waals surface area contributed by atoms with Crippen LogP contribution in [0.1, 0.15) is 6.23 Å². The molecule has 1 fully saturated rings. The van der Waals surface area contributed by atoms with Crippen LogP contribution in [0.4, 0.5) is 4.39 Å². The lowest BCUT2D eigenvalue weighted by atomic mass is 10.1. The van der Waals surface area contributed by atoms with Gasteiger partial charge in [0.05, 0.1) is 12.7 Å². The summed E-state index contributed by atoms with van der Waals surface area (Å²) < 4.78 is 20.1. The van der Waals surface area contributed by atoms with E-state index in [2.05, 4.69) is 10.0 Å². The zero-order valence-corrected chi connectivity index (χ0v) is 9.51. The van der Waals surface area contributed by atoms with Gasteiger partial charge >= 0.3 is 5.69 Å². The Morgan fingerprint density at radius 3 is 2.95 bits per heavy atom. The summed E-state index contributed by atoms with van der Waals surface area (Å²) in [7, 11) is 0. The van der Waals surface area contributed by atoms with Crippen LogP contribution in [0.15, 0.2) is 27.0 Å². The van der Waals surface area contributed by atoms with Crippen molar-refractivity contribution in [2.24, 2.45) is 5.11 Å². The summed E-state index contributed by atoms with van der Waals surface area (Å²) >= 11 is 0. The second-order valence-electron chi connectivity index (χ2n) is 3.91. The third kappa shape index (κ3) is 2.36. The van der Waals surface area contributed by atoms with E-state index >= 15 is 0 Å². The van der Waals surface area contributed by atoms with Gasteiger partial charge in [0.25, 0.3) is 5.56 Å². The monoisotopic (exact) mass is 271 g/mol. The molecule has 0 spiro atoms. The van der Waals surface area contributed by atoms with E-state index in [0.29, 0.717) is 0 Å². The van der Waals surface area contributed by atoms with Gasteiger partial charge in [-0.2, -0.15) is 0 Å². The second kappa shape index (κ2) is 5.22. The molecule has 0 radical (unpaired) electrons. The van der Waals surface area contributed by atoms with Gasteiger partial charge in [0, 0.05) is 17.2 Å². The van der Waals surface area contributed by atoms with E-state index in [-0.39, 0.29) is 0 Å². The molecule has 1 saturated heterocycles. The SMILES string of the molecule is [N-]=[N+]=NC1C(F)[C@H](n2ccc(=O)[nH]c2=O)O[C@@H]1CO. The van der Waals surface area contributed by atoms with E-state index in [9.17, 15) is 14.0 Å². The van der Waals surface area contributed by atoms with Gasteiger partial charge in [-0.3, -0.25) is 14.3 Å². The fourth-order valence-electron chi connectivity index (χ4n) is 1.90. The van der Waals surface area contributed by atoms with E-state index in [1.165, 1.54) is 0 Å². The number of hydrogen-bond donors (Lipinski definition) is 2. The molecule has 2 rings (SSSR count). The molecule has 1 aliphatic rings. The highest BCUT2D eigenvalue weighted by Gasteiger charge is 2.45. The van der Waals surface area contributed by atoms with Crippen LogP contribution in [-0.4, -0.2) is 39.6 Å². The number of hydrogen-bond acceptors (Lipinski definition) is 5. The lowest BCUT2D eigenvalue weighted by molar-refractivity contribution is -0.0402. The molecule has 102 valence electrons. The average Bonchev–Trinajstić information content (AvgIpc) is 2.68. The van der Waals surface area contributed by atoms with E-state index in [0.717, 1.165) is 16.8 Å². The molecule has 19 heavy (non-hydrogen) atoms. The van der Waals surface area contributed by atoms with Crippen molar-refractivity contribution >= 4 is 0 Å². The van der Waals surface area contributed by atoms with Gasteiger partial charge in [-0.25, -0.2) is 9.18 Å². The summed E-state index contributed by atoms with van der Waals surface area (Å²) in [5.41, 5.74) is 6.87. The fraction of sp³-hybridized carbons (Fsp3) is 0.556.